The molecule has 0 aliphatic heterocycles. The highest BCUT2D eigenvalue weighted by Gasteiger charge is 2.01. The van der Waals surface area contributed by atoms with Crippen molar-refractivity contribution in [3.63, 3.8) is 0 Å². The zero-order chi connectivity index (χ0) is 9.97. The molecule has 0 N–H and O–H groups in total. The molecule has 0 fully saturated rings. The van der Waals surface area contributed by atoms with Crippen LogP contribution in [0, 0.1) is 5.82 Å². The van der Waals surface area contributed by atoms with E-state index in [1.54, 1.807) is 17.8 Å². The van der Waals surface area contributed by atoms with Gasteiger partial charge in [-0.2, -0.15) is 11.8 Å². The van der Waals surface area contributed by atoms with Crippen molar-refractivity contribution >= 4 is 22.7 Å². The lowest BCUT2D eigenvalue weighted by atomic mass is 10.2. The van der Waals surface area contributed by atoms with Crippen molar-refractivity contribution in [2.45, 2.75) is 6.54 Å². The summed E-state index contributed by atoms with van der Waals surface area (Å²) in [5.74, 6) is 0.891. The Labute approximate surface area is 86.9 Å². The maximum atomic E-state index is 13.0. The molecular weight excluding hydrogens is 197 g/mol. The largest absolute Gasteiger partial charge is 0.347 e. The second-order valence-electron chi connectivity index (χ2n) is 3.21. The van der Waals surface area contributed by atoms with E-state index in [9.17, 15) is 4.39 Å². The highest BCUT2D eigenvalue weighted by molar-refractivity contribution is 7.98. The molecule has 0 saturated carbocycles. The summed E-state index contributed by atoms with van der Waals surface area (Å²) in [5.41, 5.74) is 0.985. The summed E-state index contributed by atoms with van der Waals surface area (Å²) in [6, 6.07) is 6.94. The number of hydrogen-bond acceptors (Lipinski definition) is 1. The van der Waals surface area contributed by atoms with Crippen LogP contribution in [0.4, 0.5) is 4.39 Å². The van der Waals surface area contributed by atoms with E-state index < -0.39 is 0 Å². The van der Waals surface area contributed by atoms with Crippen LogP contribution in [-0.2, 0) is 6.54 Å². The first kappa shape index (κ1) is 9.59. The maximum Gasteiger partial charge on any atom is 0.125 e. The van der Waals surface area contributed by atoms with Gasteiger partial charge >= 0.3 is 0 Å². The quantitative estimate of drug-likeness (QED) is 0.751. The summed E-state index contributed by atoms with van der Waals surface area (Å²) >= 11 is 1.80. The zero-order valence-corrected chi connectivity index (χ0v) is 8.85. The summed E-state index contributed by atoms with van der Waals surface area (Å²) in [6.45, 7) is 0.939. The van der Waals surface area contributed by atoms with Gasteiger partial charge in [-0.1, -0.05) is 0 Å². The Morgan fingerprint density at radius 1 is 1.36 bits per heavy atom. The number of nitrogens with zero attached hydrogens (tertiary/aromatic N) is 1. The van der Waals surface area contributed by atoms with Gasteiger partial charge in [0.2, 0.25) is 0 Å². The van der Waals surface area contributed by atoms with E-state index in [0.717, 1.165) is 23.2 Å². The van der Waals surface area contributed by atoms with Crippen LogP contribution in [0.1, 0.15) is 0 Å². The van der Waals surface area contributed by atoms with E-state index in [0.29, 0.717) is 0 Å². The normalized spacial score (nSPS) is 11.0. The molecule has 0 saturated heterocycles. The van der Waals surface area contributed by atoms with Gasteiger partial charge in [0.1, 0.15) is 5.82 Å². The average Bonchev–Trinajstić information content (AvgIpc) is 2.57. The molecule has 74 valence electrons. The summed E-state index contributed by atoms with van der Waals surface area (Å²) < 4.78 is 15.1. The standard InChI is InChI=1S/C11H12FNS/c1-14-7-6-13-5-4-9-2-3-10(12)8-11(9)13/h2-5,8H,6-7H2,1H3. The Morgan fingerprint density at radius 2 is 2.21 bits per heavy atom. The Hall–Kier alpha value is -0.960. The first-order valence-electron chi connectivity index (χ1n) is 4.54. The lowest BCUT2D eigenvalue weighted by molar-refractivity contribution is 0.628. The molecule has 0 spiro atoms. The average molecular weight is 209 g/mol. The highest BCUT2D eigenvalue weighted by atomic mass is 32.2. The van der Waals surface area contributed by atoms with Crippen molar-refractivity contribution in [3.8, 4) is 0 Å². The first-order valence-corrected chi connectivity index (χ1v) is 5.94. The molecule has 0 unspecified atom stereocenters. The van der Waals surface area contributed by atoms with E-state index in [-0.39, 0.29) is 5.82 Å². The van der Waals surface area contributed by atoms with Crippen LogP contribution in [0.25, 0.3) is 10.9 Å². The number of hydrogen-bond donors (Lipinski definition) is 0. The van der Waals surface area contributed by atoms with Crippen LogP contribution in [0.2, 0.25) is 0 Å². The number of aromatic nitrogens is 1. The molecule has 0 amide bonds. The Morgan fingerprint density at radius 3 is 3.00 bits per heavy atom. The second kappa shape index (κ2) is 4.05. The van der Waals surface area contributed by atoms with E-state index in [4.69, 9.17) is 0 Å². The number of thioether (sulfide) groups is 1. The molecule has 3 heteroatoms. The van der Waals surface area contributed by atoms with Gasteiger partial charge in [-0.05, 0) is 35.9 Å². The summed E-state index contributed by atoms with van der Waals surface area (Å²) in [7, 11) is 0. The third-order valence-electron chi connectivity index (χ3n) is 2.27. The van der Waals surface area contributed by atoms with Crippen LogP contribution in [0.3, 0.4) is 0 Å². The zero-order valence-electron chi connectivity index (χ0n) is 8.03. The van der Waals surface area contributed by atoms with Crippen molar-refractivity contribution in [3.05, 3.63) is 36.3 Å². The van der Waals surface area contributed by atoms with Crippen LogP contribution in [0.5, 0.6) is 0 Å². The summed E-state index contributed by atoms with van der Waals surface area (Å²) in [6.07, 6.45) is 4.09. The molecule has 14 heavy (non-hydrogen) atoms. The Kier molecular flexibility index (Phi) is 2.77. The molecular formula is C11H12FNS. The van der Waals surface area contributed by atoms with Gasteiger partial charge in [-0.3, -0.25) is 0 Å². The topological polar surface area (TPSA) is 4.93 Å². The van der Waals surface area contributed by atoms with Crippen LogP contribution in [0.15, 0.2) is 30.5 Å². The van der Waals surface area contributed by atoms with Gasteiger partial charge in [0.05, 0.1) is 5.52 Å². The monoisotopic (exact) mass is 209 g/mol. The number of rotatable bonds is 3. The number of benzene rings is 1. The molecule has 2 aromatic rings. The minimum Gasteiger partial charge on any atom is -0.347 e. The molecule has 1 heterocycles. The lowest BCUT2D eigenvalue weighted by Crippen LogP contribution is -1.97. The number of halogens is 1. The minimum atomic E-state index is -0.165. The van der Waals surface area contributed by atoms with Crippen molar-refractivity contribution in [2.24, 2.45) is 0 Å². The molecule has 0 bridgehead atoms. The van der Waals surface area contributed by atoms with Crippen molar-refractivity contribution in [1.29, 1.82) is 0 Å². The Bertz CT molecular complexity index is 436. The summed E-state index contributed by atoms with van der Waals surface area (Å²) in [4.78, 5) is 0. The summed E-state index contributed by atoms with van der Waals surface area (Å²) in [5, 5.41) is 1.10. The first-order chi connectivity index (χ1) is 6.81. The van der Waals surface area contributed by atoms with Crippen molar-refractivity contribution in [1.82, 2.24) is 4.57 Å². The van der Waals surface area contributed by atoms with Gasteiger partial charge in [-0.15, -0.1) is 0 Å². The van der Waals surface area contributed by atoms with Crippen LogP contribution in [-0.4, -0.2) is 16.6 Å². The van der Waals surface area contributed by atoms with Crippen LogP contribution >= 0.6 is 11.8 Å². The minimum absolute atomic E-state index is 0.165. The van der Waals surface area contributed by atoms with E-state index in [1.807, 2.05) is 18.3 Å². The number of fused-ring (bicyclic) bond motifs is 1. The Balaban J connectivity index is 2.40. The van der Waals surface area contributed by atoms with Gasteiger partial charge in [-0.25, -0.2) is 4.39 Å². The molecule has 1 nitrogen and oxygen atoms in total. The van der Waals surface area contributed by atoms with Crippen LogP contribution < -0.4 is 0 Å². The molecule has 0 atom stereocenters. The third kappa shape index (κ3) is 1.77. The van der Waals surface area contributed by atoms with Gasteiger partial charge in [0, 0.05) is 18.5 Å². The lowest BCUT2D eigenvalue weighted by Gasteiger charge is -2.03. The van der Waals surface area contributed by atoms with Crippen molar-refractivity contribution in [2.75, 3.05) is 12.0 Å². The van der Waals surface area contributed by atoms with Crippen molar-refractivity contribution < 1.29 is 4.39 Å². The SMILES string of the molecule is CSCCn1ccc2ccc(F)cc21. The predicted molar refractivity (Wildman–Crippen MR) is 60.3 cm³/mol. The molecule has 1 aromatic heterocycles. The third-order valence-corrected chi connectivity index (χ3v) is 2.86. The smallest absolute Gasteiger partial charge is 0.125 e. The maximum absolute atomic E-state index is 13.0. The molecule has 0 aliphatic rings. The molecule has 1 aromatic carbocycles. The molecule has 0 aliphatic carbocycles. The van der Waals surface area contributed by atoms with E-state index in [2.05, 4.69) is 10.8 Å². The second-order valence-corrected chi connectivity index (χ2v) is 4.19. The highest BCUT2D eigenvalue weighted by Crippen LogP contribution is 2.17. The van der Waals surface area contributed by atoms with E-state index in [1.165, 1.54) is 6.07 Å². The molecule has 0 radical (unpaired) electrons. The number of aryl methyl sites for hydroxylation is 1. The fourth-order valence-electron chi connectivity index (χ4n) is 1.54. The van der Waals surface area contributed by atoms with Gasteiger partial charge in [0.15, 0.2) is 0 Å². The van der Waals surface area contributed by atoms with Gasteiger partial charge in [0.25, 0.3) is 0 Å². The molecule has 2 rings (SSSR count). The fourth-order valence-corrected chi connectivity index (χ4v) is 1.92. The van der Waals surface area contributed by atoms with Gasteiger partial charge < -0.3 is 4.57 Å². The fraction of sp³-hybridized carbons (Fsp3) is 0.273. The predicted octanol–water partition coefficient (Wildman–Crippen LogP) is 3.14. The van der Waals surface area contributed by atoms with E-state index >= 15 is 0 Å².